The van der Waals surface area contributed by atoms with Crippen LogP contribution >= 0.6 is 0 Å². The van der Waals surface area contributed by atoms with Crippen molar-refractivity contribution in [1.29, 1.82) is 0 Å². The molecule has 2 nitrogen and oxygen atoms in total. The molecule has 1 aliphatic carbocycles. The van der Waals surface area contributed by atoms with E-state index in [0.29, 0.717) is 0 Å². The number of hydrogen-bond acceptors (Lipinski definition) is 2. The second-order valence-corrected chi connectivity index (χ2v) is 4.83. The summed E-state index contributed by atoms with van der Waals surface area (Å²) >= 11 is 0. The number of methoxy groups -OCH3 is 1. The second-order valence-electron chi connectivity index (χ2n) is 4.83. The smallest absolute Gasteiger partial charge is 0.119 e. The molecule has 0 aromatic heterocycles. The molecule has 1 saturated carbocycles. The molecular formula is C15H16O2. The monoisotopic (exact) mass is 228 g/mol. The van der Waals surface area contributed by atoms with Crippen LogP contribution in [0.4, 0.5) is 0 Å². The van der Waals surface area contributed by atoms with Gasteiger partial charge in [0.05, 0.1) is 13.7 Å². The lowest BCUT2D eigenvalue weighted by molar-refractivity contribution is 0.256. The number of ether oxygens (including phenoxy) is 1. The highest BCUT2D eigenvalue weighted by molar-refractivity contribution is 5.88. The first-order valence-electron chi connectivity index (χ1n) is 5.97. The number of hydrogen-bond donors (Lipinski definition) is 1. The summed E-state index contributed by atoms with van der Waals surface area (Å²) in [5.74, 6) is 0.878. The van der Waals surface area contributed by atoms with Gasteiger partial charge in [0.25, 0.3) is 0 Å². The zero-order valence-electron chi connectivity index (χ0n) is 9.94. The summed E-state index contributed by atoms with van der Waals surface area (Å²) in [6.45, 7) is 0.248. The van der Waals surface area contributed by atoms with Crippen LogP contribution < -0.4 is 4.74 Å². The summed E-state index contributed by atoms with van der Waals surface area (Å²) in [5.41, 5.74) is 1.30. The van der Waals surface area contributed by atoms with Gasteiger partial charge in [0.15, 0.2) is 0 Å². The Morgan fingerprint density at radius 3 is 2.71 bits per heavy atom. The van der Waals surface area contributed by atoms with Crippen LogP contribution in [0, 0.1) is 0 Å². The molecule has 1 fully saturated rings. The van der Waals surface area contributed by atoms with Gasteiger partial charge < -0.3 is 9.84 Å². The molecule has 0 aliphatic heterocycles. The Bertz CT molecular complexity index is 556. The van der Waals surface area contributed by atoms with Crippen LogP contribution in [-0.2, 0) is 5.41 Å². The Morgan fingerprint density at radius 1 is 1.24 bits per heavy atom. The zero-order valence-corrected chi connectivity index (χ0v) is 9.94. The number of aliphatic hydroxyl groups is 1. The number of aliphatic hydroxyl groups excluding tert-OH is 1. The molecule has 88 valence electrons. The van der Waals surface area contributed by atoms with Gasteiger partial charge in [-0.15, -0.1) is 0 Å². The molecule has 0 unspecified atom stereocenters. The van der Waals surface area contributed by atoms with Crippen LogP contribution in [-0.4, -0.2) is 18.8 Å². The maximum Gasteiger partial charge on any atom is 0.119 e. The molecule has 2 aromatic carbocycles. The Labute approximate surface area is 101 Å². The van der Waals surface area contributed by atoms with Gasteiger partial charge in [0, 0.05) is 5.41 Å². The third kappa shape index (κ3) is 1.60. The second kappa shape index (κ2) is 3.74. The van der Waals surface area contributed by atoms with E-state index < -0.39 is 0 Å². The van der Waals surface area contributed by atoms with E-state index in [-0.39, 0.29) is 12.0 Å². The first-order chi connectivity index (χ1) is 8.29. The lowest BCUT2D eigenvalue weighted by atomic mass is 9.91. The van der Waals surface area contributed by atoms with Crippen molar-refractivity contribution in [1.82, 2.24) is 0 Å². The lowest BCUT2D eigenvalue weighted by Gasteiger charge is -2.15. The summed E-state index contributed by atoms with van der Waals surface area (Å²) in [7, 11) is 1.68. The number of fused-ring (bicyclic) bond motifs is 1. The van der Waals surface area contributed by atoms with E-state index in [1.54, 1.807) is 7.11 Å². The van der Waals surface area contributed by atoms with E-state index >= 15 is 0 Å². The summed E-state index contributed by atoms with van der Waals surface area (Å²) in [5, 5.41) is 12.0. The summed E-state index contributed by atoms with van der Waals surface area (Å²) < 4.78 is 5.24. The van der Waals surface area contributed by atoms with Gasteiger partial charge in [0.2, 0.25) is 0 Å². The van der Waals surface area contributed by atoms with Gasteiger partial charge >= 0.3 is 0 Å². The molecule has 1 N–H and O–H groups in total. The van der Waals surface area contributed by atoms with Crippen LogP contribution in [0.3, 0.4) is 0 Å². The third-order valence-electron chi connectivity index (χ3n) is 3.82. The third-order valence-corrected chi connectivity index (χ3v) is 3.82. The molecule has 2 aromatic rings. The van der Waals surface area contributed by atoms with E-state index in [0.717, 1.165) is 18.6 Å². The highest BCUT2D eigenvalue weighted by Crippen LogP contribution is 2.49. The molecule has 0 spiro atoms. The minimum absolute atomic E-state index is 0.0219. The summed E-state index contributed by atoms with van der Waals surface area (Å²) in [6.07, 6.45) is 2.18. The van der Waals surface area contributed by atoms with Gasteiger partial charge in [-0.05, 0) is 41.3 Å². The predicted octanol–water partition coefficient (Wildman–Crippen LogP) is 2.87. The molecular weight excluding hydrogens is 212 g/mol. The SMILES string of the molecule is COc1ccc2c(C3(CO)CC3)cccc2c1. The summed E-state index contributed by atoms with van der Waals surface area (Å²) in [6, 6.07) is 12.4. The first kappa shape index (κ1) is 10.6. The average molecular weight is 228 g/mol. The van der Waals surface area contributed by atoms with Crippen molar-refractivity contribution in [3.8, 4) is 5.75 Å². The molecule has 1 aliphatic rings. The molecule has 0 atom stereocenters. The van der Waals surface area contributed by atoms with E-state index in [9.17, 15) is 5.11 Å². The quantitative estimate of drug-likeness (QED) is 0.875. The fraction of sp³-hybridized carbons (Fsp3) is 0.333. The van der Waals surface area contributed by atoms with Crippen LogP contribution in [0.2, 0.25) is 0 Å². The van der Waals surface area contributed by atoms with Crippen LogP contribution in [0.25, 0.3) is 10.8 Å². The maximum atomic E-state index is 9.55. The highest BCUT2D eigenvalue weighted by atomic mass is 16.5. The van der Waals surface area contributed by atoms with E-state index in [4.69, 9.17) is 4.74 Å². The number of benzene rings is 2. The molecule has 0 radical (unpaired) electrons. The fourth-order valence-electron chi connectivity index (χ4n) is 2.51. The highest BCUT2D eigenvalue weighted by Gasteiger charge is 2.44. The van der Waals surface area contributed by atoms with E-state index in [1.165, 1.54) is 16.3 Å². The predicted molar refractivity (Wildman–Crippen MR) is 68.5 cm³/mol. The van der Waals surface area contributed by atoms with Crippen LogP contribution in [0.15, 0.2) is 36.4 Å². The molecule has 2 heteroatoms. The molecule has 0 saturated heterocycles. The molecule has 0 amide bonds. The Hall–Kier alpha value is -1.54. The van der Waals surface area contributed by atoms with Crippen LogP contribution in [0.5, 0.6) is 5.75 Å². The fourth-order valence-corrected chi connectivity index (χ4v) is 2.51. The minimum atomic E-state index is 0.0219. The van der Waals surface area contributed by atoms with Crippen LogP contribution in [0.1, 0.15) is 18.4 Å². The van der Waals surface area contributed by atoms with Crippen molar-refractivity contribution in [2.45, 2.75) is 18.3 Å². The van der Waals surface area contributed by atoms with Gasteiger partial charge in [-0.1, -0.05) is 24.3 Å². The topological polar surface area (TPSA) is 29.5 Å². The normalized spacial score (nSPS) is 17.1. The van der Waals surface area contributed by atoms with Crippen molar-refractivity contribution in [2.24, 2.45) is 0 Å². The van der Waals surface area contributed by atoms with Crippen molar-refractivity contribution < 1.29 is 9.84 Å². The molecule has 0 bridgehead atoms. The average Bonchev–Trinajstić information content (AvgIpc) is 3.18. The van der Waals surface area contributed by atoms with E-state index in [2.05, 4.69) is 24.3 Å². The molecule has 0 heterocycles. The Balaban J connectivity index is 2.20. The maximum absolute atomic E-state index is 9.55. The zero-order chi connectivity index (χ0) is 11.9. The van der Waals surface area contributed by atoms with Gasteiger partial charge in [-0.2, -0.15) is 0 Å². The van der Waals surface area contributed by atoms with Crippen molar-refractivity contribution in [3.63, 3.8) is 0 Å². The Kier molecular flexibility index (Phi) is 2.33. The van der Waals surface area contributed by atoms with Crippen molar-refractivity contribution in [3.05, 3.63) is 42.0 Å². The minimum Gasteiger partial charge on any atom is -0.497 e. The lowest BCUT2D eigenvalue weighted by Crippen LogP contribution is -2.12. The van der Waals surface area contributed by atoms with Gasteiger partial charge in [0.1, 0.15) is 5.75 Å². The van der Waals surface area contributed by atoms with E-state index in [1.807, 2.05) is 12.1 Å². The largest absolute Gasteiger partial charge is 0.497 e. The Morgan fingerprint density at radius 2 is 2.06 bits per heavy atom. The van der Waals surface area contributed by atoms with Crippen molar-refractivity contribution in [2.75, 3.05) is 13.7 Å². The van der Waals surface area contributed by atoms with Gasteiger partial charge in [-0.25, -0.2) is 0 Å². The van der Waals surface area contributed by atoms with Gasteiger partial charge in [-0.3, -0.25) is 0 Å². The standard InChI is InChI=1S/C15H16O2/c1-17-12-5-6-13-11(9-12)3-2-4-14(13)15(10-16)7-8-15/h2-6,9,16H,7-8,10H2,1H3. The summed E-state index contributed by atoms with van der Waals surface area (Å²) in [4.78, 5) is 0. The van der Waals surface area contributed by atoms with Crippen molar-refractivity contribution >= 4 is 10.8 Å². The first-order valence-corrected chi connectivity index (χ1v) is 5.97. The molecule has 3 rings (SSSR count). The number of rotatable bonds is 3. The molecule has 17 heavy (non-hydrogen) atoms.